The maximum atomic E-state index is 14.1. The summed E-state index contributed by atoms with van der Waals surface area (Å²) in [5, 5.41) is 78.8. The van der Waals surface area contributed by atoms with Crippen molar-refractivity contribution in [2.75, 3.05) is 21.3 Å². The lowest BCUT2D eigenvalue weighted by Gasteiger charge is -2.16. The van der Waals surface area contributed by atoms with Gasteiger partial charge in [0.25, 0.3) is 0 Å². The Balaban J connectivity index is 0.000000198. The third-order valence-electron chi connectivity index (χ3n) is 20.6. The number of methoxy groups -OCH3 is 3. The van der Waals surface area contributed by atoms with E-state index in [9.17, 15) is 89.4 Å². The van der Waals surface area contributed by atoms with Crippen LogP contribution in [0.5, 0.6) is 23.0 Å². The van der Waals surface area contributed by atoms with Crippen LogP contribution in [0.2, 0.25) is 0 Å². The topological polar surface area (TPSA) is 348 Å². The number of carbonyl (C=O) groups excluding carboxylic acids is 3. The number of nitrogens with zero attached hydrogens (tertiary/aromatic N) is 4. The molecule has 0 saturated heterocycles. The normalized spacial score (nSPS) is 10.8. The van der Waals surface area contributed by atoms with Crippen molar-refractivity contribution in [3.8, 4) is 89.8 Å². The number of alkyl halides is 12. The van der Waals surface area contributed by atoms with Gasteiger partial charge in [-0.05, 0) is 204 Å². The van der Waals surface area contributed by atoms with Crippen LogP contribution in [0.3, 0.4) is 0 Å². The number of phenolic OH excluding ortho intramolecular Hbond substituents is 2. The zero-order valence-electron chi connectivity index (χ0n) is 77.6. The number of ether oxygens (including phenoxy) is 5. The maximum absolute atomic E-state index is 14.1. The molecule has 0 aliphatic rings. The molecule has 16 rings (SSSR count). The number of aromatic nitrogens is 4. The summed E-state index contributed by atoms with van der Waals surface area (Å²) in [5.74, 6) is -6.21. The number of hydrogen-bond donors (Lipinski definition) is 9. The van der Waals surface area contributed by atoms with E-state index in [-0.39, 0.29) is 98.3 Å². The summed E-state index contributed by atoms with van der Waals surface area (Å²) >= 11 is 5.94. The first kappa shape index (κ1) is 117. The maximum Gasteiger partial charge on any atom is 0.491 e. The number of aliphatic hydroxyl groups is 2. The molecule has 0 saturated carbocycles. The Morgan fingerprint density at radius 3 is 0.913 bits per heavy atom. The van der Waals surface area contributed by atoms with Crippen LogP contribution in [0.25, 0.3) is 66.8 Å². The second-order valence-electron chi connectivity index (χ2n) is 30.7. The number of hydrogen-bond acceptors (Lipinski definition) is 21. The zero-order chi connectivity index (χ0) is 109. The van der Waals surface area contributed by atoms with Gasteiger partial charge in [0.15, 0.2) is 0 Å². The van der Waals surface area contributed by atoms with Crippen LogP contribution in [0, 0.1) is 23.3 Å². The second-order valence-corrected chi connectivity index (χ2v) is 32.4. The van der Waals surface area contributed by atoms with Gasteiger partial charge in [0.1, 0.15) is 82.3 Å². The number of carbonyl (C=O) groups is 4. The van der Waals surface area contributed by atoms with Crippen molar-refractivity contribution in [3.63, 3.8) is 0 Å². The average Bonchev–Trinajstić information content (AvgIpc) is 0.792. The lowest BCUT2D eigenvalue weighted by Crippen LogP contribution is -2.32. The Morgan fingerprint density at radius 2 is 0.617 bits per heavy atom. The minimum Gasteiger partial charge on any atom is -0.508 e. The molecule has 0 bridgehead atoms. The smallest absolute Gasteiger partial charge is 0.491 e. The molecule has 4 aromatic heterocycles. The highest BCUT2D eigenvalue weighted by Gasteiger charge is 2.38. The molecule has 0 radical (unpaired) electrons. The van der Waals surface area contributed by atoms with E-state index in [4.69, 9.17) is 55.1 Å². The van der Waals surface area contributed by atoms with Gasteiger partial charge < -0.3 is 69.3 Å². The molecule has 770 valence electrons. The predicted octanol–water partition coefficient (Wildman–Crippen LogP) is 23.2. The van der Waals surface area contributed by atoms with Gasteiger partial charge >= 0.3 is 62.8 Å². The fraction of sp³-hybridized carbons (Fsp3) is 0.103. The number of aromatic carboxylic acids is 1. The fourth-order valence-electron chi connectivity index (χ4n) is 13.0. The molecule has 0 atom stereocenters. The molecule has 12 aromatic carbocycles. The predicted molar refractivity (Wildman–Crippen MR) is 528 cm³/mol. The Labute approximate surface area is 856 Å². The SMILES string of the molecule is COC(=O)c1ccc(-c2ccc(CO)cc2)cn1.COC(=O)c1ccc(-c2ccc(COc3ccc(-c4ccccc4F)c(C(F)(F)F)c3)cc2)cn1.COC(=O)c1ccc(Br)cn1.O=C(O)c1ccc(-c2ccc(COc3ccc(-c4ccccc4F)c(C(F)(F)F)c3)cc2)cn1.OB(O)c1ccccc1F.OCc1ccc(B(O)O)cc1.Oc1ccc(-c2ccccc2F)c(C(F)(F)F)c1.Oc1ccc(Br)c(C(F)(F)F)c1. The number of rotatable bonds is 20. The van der Waals surface area contributed by atoms with Crippen LogP contribution in [-0.2, 0) is 65.3 Å². The fourth-order valence-corrected chi connectivity index (χ4v) is 13.7. The van der Waals surface area contributed by atoms with Gasteiger partial charge in [-0.2, -0.15) is 52.7 Å². The molecule has 0 aliphatic carbocycles. The molecule has 9 N–H and O–H groups in total. The number of aromatic hydroxyl groups is 2. The van der Waals surface area contributed by atoms with E-state index in [1.165, 1.54) is 143 Å². The number of pyridine rings is 4. The lowest BCUT2D eigenvalue weighted by atomic mass is 9.80. The highest BCUT2D eigenvalue weighted by molar-refractivity contribution is 9.10. The molecule has 0 aliphatic heterocycles. The number of carboxylic acids is 1. The molecular formula is C107H82B2Br2F16N4O18. The Hall–Kier alpha value is -16.0. The van der Waals surface area contributed by atoms with Crippen molar-refractivity contribution in [3.05, 3.63) is 440 Å². The average molecular weight is 2200 g/mol. The quantitative estimate of drug-likeness (QED) is 0.0148. The molecular weight excluding hydrogens is 2110 g/mol. The van der Waals surface area contributed by atoms with E-state index in [1.807, 2.05) is 42.5 Å². The van der Waals surface area contributed by atoms with Crippen molar-refractivity contribution in [2.45, 2.75) is 51.1 Å². The van der Waals surface area contributed by atoms with Crippen LogP contribution < -0.4 is 20.4 Å². The van der Waals surface area contributed by atoms with Crippen molar-refractivity contribution < 1.29 is 159 Å². The highest BCUT2D eigenvalue weighted by atomic mass is 79.9. The number of benzene rings is 12. The van der Waals surface area contributed by atoms with E-state index in [0.717, 1.165) is 103 Å². The molecule has 149 heavy (non-hydrogen) atoms. The number of carboxylic acid groups (broad SMARTS) is 1. The molecule has 0 amide bonds. The first-order chi connectivity index (χ1) is 70.7. The van der Waals surface area contributed by atoms with Gasteiger partial charge in [0.2, 0.25) is 0 Å². The largest absolute Gasteiger partial charge is 0.508 e. The van der Waals surface area contributed by atoms with Crippen molar-refractivity contribution in [1.82, 2.24) is 19.9 Å². The summed E-state index contributed by atoms with van der Waals surface area (Å²) in [6, 6.07) is 75.3. The number of phenols is 2. The summed E-state index contributed by atoms with van der Waals surface area (Å²) in [7, 11) is 0.779. The Kier molecular flexibility index (Phi) is 43.0. The zero-order valence-corrected chi connectivity index (χ0v) is 80.8. The first-order valence-corrected chi connectivity index (χ1v) is 44.7. The van der Waals surface area contributed by atoms with Gasteiger partial charge in [-0.1, -0.05) is 204 Å². The molecule has 42 heteroatoms. The third-order valence-corrected chi connectivity index (χ3v) is 21.7. The first-order valence-electron chi connectivity index (χ1n) is 43.1. The Morgan fingerprint density at radius 1 is 0.315 bits per heavy atom. The van der Waals surface area contributed by atoms with Crippen molar-refractivity contribution in [2.24, 2.45) is 0 Å². The molecule has 4 heterocycles. The van der Waals surface area contributed by atoms with Crippen LogP contribution in [0.1, 0.15) is 86.5 Å². The van der Waals surface area contributed by atoms with Crippen molar-refractivity contribution in [1.29, 1.82) is 0 Å². The minimum atomic E-state index is -4.69. The molecule has 0 spiro atoms. The third kappa shape index (κ3) is 35.2. The molecule has 22 nitrogen and oxygen atoms in total. The van der Waals surface area contributed by atoms with E-state index in [2.05, 4.69) is 66.0 Å². The minimum absolute atomic E-state index is 0.00458. The van der Waals surface area contributed by atoms with E-state index in [0.29, 0.717) is 28.9 Å². The second kappa shape index (κ2) is 55.0. The van der Waals surface area contributed by atoms with E-state index >= 15 is 0 Å². The van der Waals surface area contributed by atoms with Gasteiger partial charge in [0.05, 0.1) is 56.8 Å². The van der Waals surface area contributed by atoms with Gasteiger partial charge in [-0.3, -0.25) is 0 Å². The summed E-state index contributed by atoms with van der Waals surface area (Å²) in [6.45, 7) is 0.0601. The summed E-state index contributed by atoms with van der Waals surface area (Å²) < 4.78 is 237. The van der Waals surface area contributed by atoms with Crippen LogP contribution in [0.4, 0.5) is 70.2 Å². The summed E-state index contributed by atoms with van der Waals surface area (Å²) in [6.07, 6.45) is -12.3. The monoisotopic (exact) mass is 2190 g/mol. The van der Waals surface area contributed by atoms with Crippen molar-refractivity contribution >= 4 is 80.9 Å². The molecule has 0 unspecified atom stereocenters. The van der Waals surface area contributed by atoms with Crippen LogP contribution in [0.15, 0.2) is 349 Å². The van der Waals surface area contributed by atoms with E-state index in [1.54, 1.807) is 116 Å². The highest BCUT2D eigenvalue weighted by Crippen LogP contribution is 2.44. The van der Waals surface area contributed by atoms with Crippen LogP contribution in [-0.4, -0.2) is 125 Å². The number of aliphatic hydroxyl groups excluding tert-OH is 2. The molecule has 0 fully saturated rings. The van der Waals surface area contributed by atoms with Gasteiger partial charge in [-0.15, -0.1) is 0 Å². The van der Waals surface area contributed by atoms with Gasteiger partial charge in [-0.25, -0.2) is 56.7 Å². The van der Waals surface area contributed by atoms with Gasteiger partial charge in [0, 0.05) is 72.6 Å². The summed E-state index contributed by atoms with van der Waals surface area (Å²) in [5.41, 5.74) is 4.05. The Bertz CT molecular complexity index is 7120. The number of esters is 3. The molecule has 16 aromatic rings. The van der Waals surface area contributed by atoms with Crippen LogP contribution >= 0.6 is 31.9 Å². The van der Waals surface area contributed by atoms with E-state index < -0.39 is 120 Å². The summed E-state index contributed by atoms with van der Waals surface area (Å²) in [4.78, 5) is 60.3. The lowest BCUT2D eigenvalue weighted by molar-refractivity contribution is -0.138. The standard InChI is InChI=1S/C27H19F4NO3.C26H17F4NO3.C14H13NO3.C13H8F4O.C7H9BO3.C7H4BrF3O.C7H6BrNO2.C6H6BFO2/c1-34-26(33)25-13-10-19(15-32-25)18-8-6-17(7-9-18)16-35-20-11-12-21(23(14-20)27(29,30)31)22-4-2-3-5-24(22)28;27-23-4-2-1-3-21(23)20-11-10-19(13-22(20)26(28,29)30)34-15-16-5-7-17(8-6-16)18-9-12-24(25(32)33)31-14-18;1-18-14(17)13-7-6-12(8-15-13)11-4-2-10(9-16)3-5-11;14-12-4-2-1-3-10(12)9-6-5-8(18)7-11(9)13(15,16)17;9-5-6-1-3-7(4-2-6)8(10)11;8-6-2-1-4(12)3-5(6)7(9,10)11;1-11-7(10)6-3-2-5(8)4-9-6;8-6-4-2-1-3-5(6)7(9)10/h2-15H,16H2,1H3;1-14H,15H2,(H,32,33);2-8,16H,9H2,1H3;1-7,18H;1-4,9-11H,5H2;1-3,12H;2-4H,1H3;1-4,9-10H. The number of halogens is 18.